The molecule has 0 aliphatic rings. The summed E-state index contributed by atoms with van der Waals surface area (Å²) in [6.45, 7) is 3.62. The maximum atomic E-state index is 5.80. The maximum absolute atomic E-state index is 5.80. The molecule has 1 aromatic carbocycles. The molecule has 0 bridgehead atoms. The lowest BCUT2D eigenvalue weighted by Gasteiger charge is -2.21. The molecule has 3 nitrogen and oxygen atoms in total. The van der Waals surface area contributed by atoms with Crippen LogP contribution in [0.2, 0.25) is 0 Å². The van der Waals surface area contributed by atoms with Gasteiger partial charge in [-0.15, -0.1) is 0 Å². The van der Waals surface area contributed by atoms with Gasteiger partial charge in [-0.1, -0.05) is 6.07 Å². The Morgan fingerprint density at radius 2 is 2.18 bits per heavy atom. The van der Waals surface area contributed by atoms with Gasteiger partial charge in [-0.25, -0.2) is 0 Å². The van der Waals surface area contributed by atoms with E-state index in [2.05, 4.69) is 46.1 Å². The molecule has 0 aliphatic heterocycles. The topological polar surface area (TPSA) is 38.5 Å². The van der Waals surface area contributed by atoms with Crippen LogP contribution in [0.25, 0.3) is 0 Å². The Balaban J connectivity index is 2.74. The average molecular weight is 301 g/mol. The minimum absolute atomic E-state index is 0.193. The van der Waals surface area contributed by atoms with Crippen LogP contribution in [-0.4, -0.2) is 33.4 Å². The van der Waals surface area contributed by atoms with Crippen LogP contribution in [0.1, 0.15) is 12.5 Å². The molecule has 1 unspecified atom stereocenters. The average Bonchev–Trinajstić information content (AvgIpc) is 2.25. The third-order valence-electron chi connectivity index (χ3n) is 2.61. The van der Waals surface area contributed by atoms with Gasteiger partial charge in [0.25, 0.3) is 0 Å². The number of ether oxygens (including phenoxy) is 1. The number of hydrogen-bond donors (Lipinski definition) is 1. The van der Waals surface area contributed by atoms with Crippen molar-refractivity contribution in [2.75, 3.05) is 32.2 Å². The molecule has 0 saturated carbocycles. The van der Waals surface area contributed by atoms with E-state index in [4.69, 9.17) is 10.5 Å². The van der Waals surface area contributed by atoms with Gasteiger partial charge in [0.1, 0.15) is 0 Å². The second kappa shape index (κ2) is 6.99. The number of nitrogens with zero attached hydrogens (tertiary/aromatic N) is 1. The zero-order valence-electron chi connectivity index (χ0n) is 10.7. The number of nitrogens with two attached hydrogens (primary N) is 1. The lowest BCUT2D eigenvalue weighted by atomic mass is 10.1. The quantitative estimate of drug-likeness (QED) is 0.877. The van der Waals surface area contributed by atoms with Crippen molar-refractivity contribution in [3.05, 3.63) is 28.2 Å². The number of methoxy groups -OCH3 is 1. The van der Waals surface area contributed by atoms with Gasteiger partial charge < -0.3 is 15.4 Å². The van der Waals surface area contributed by atoms with Crippen LogP contribution in [0, 0.1) is 0 Å². The van der Waals surface area contributed by atoms with Gasteiger partial charge in [0.05, 0.1) is 12.3 Å². The Morgan fingerprint density at radius 3 is 2.71 bits per heavy atom. The third kappa shape index (κ3) is 4.66. The first kappa shape index (κ1) is 14.5. The number of likely N-dealkylation sites (N-methyl/N-ethyl adjacent to an activating group) is 1. The molecule has 1 rings (SSSR count). The van der Waals surface area contributed by atoms with Crippen molar-refractivity contribution in [1.82, 2.24) is 0 Å². The van der Waals surface area contributed by atoms with Crippen LogP contribution in [0.5, 0.6) is 0 Å². The Morgan fingerprint density at radius 1 is 1.47 bits per heavy atom. The van der Waals surface area contributed by atoms with Crippen LogP contribution in [0.4, 0.5) is 5.69 Å². The molecule has 2 N–H and O–H groups in total. The lowest BCUT2D eigenvalue weighted by molar-refractivity contribution is 0.206. The highest BCUT2D eigenvalue weighted by molar-refractivity contribution is 9.10. The number of anilines is 1. The van der Waals surface area contributed by atoms with E-state index in [0.717, 1.165) is 24.0 Å². The standard InChI is InChI=1S/C13H21BrN2O/c1-10(15)8-11-4-5-13(12(14)9-11)16(2)6-7-17-3/h4-5,9-10H,6-8,15H2,1-3H3. The van der Waals surface area contributed by atoms with Crippen LogP contribution in [0.3, 0.4) is 0 Å². The molecule has 17 heavy (non-hydrogen) atoms. The van der Waals surface area contributed by atoms with Crippen LogP contribution in [0.15, 0.2) is 22.7 Å². The molecule has 0 fully saturated rings. The minimum atomic E-state index is 0.193. The number of halogens is 1. The fraction of sp³-hybridized carbons (Fsp3) is 0.538. The van der Waals surface area contributed by atoms with Crippen molar-refractivity contribution >= 4 is 21.6 Å². The van der Waals surface area contributed by atoms with Crippen LogP contribution < -0.4 is 10.6 Å². The van der Waals surface area contributed by atoms with E-state index in [0.29, 0.717) is 0 Å². The summed E-state index contributed by atoms with van der Waals surface area (Å²) in [7, 11) is 3.78. The molecule has 4 heteroatoms. The summed E-state index contributed by atoms with van der Waals surface area (Å²) in [5.74, 6) is 0. The molecule has 0 saturated heterocycles. The SMILES string of the molecule is COCCN(C)c1ccc(CC(C)N)cc1Br. The Hall–Kier alpha value is -0.580. The van der Waals surface area contributed by atoms with Crippen molar-refractivity contribution in [3.8, 4) is 0 Å². The Labute approximate surface area is 112 Å². The molecular weight excluding hydrogens is 280 g/mol. The van der Waals surface area contributed by atoms with E-state index < -0.39 is 0 Å². The van der Waals surface area contributed by atoms with E-state index >= 15 is 0 Å². The highest BCUT2D eigenvalue weighted by atomic mass is 79.9. The van der Waals surface area contributed by atoms with Gasteiger partial charge in [0.15, 0.2) is 0 Å². The fourth-order valence-corrected chi connectivity index (χ4v) is 2.44. The summed E-state index contributed by atoms with van der Waals surface area (Å²) in [6, 6.07) is 6.59. The molecule has 0 amide bonds. The monoisotopic (exact) mass is 300 g/mol. The zero-order chi connectivity index (χ0) is 12.8. The zero-order valence-corrected chi connectivity index (χ0v) is 12.3. The predicted molar refractivity (Wildman–Crippen MR) is 76.6 cm³/mol. The van der Waals surface area contributed by atoms with E-state index in [1.54, 1.807) is 7.11 Å². The first-order valence-electron chi connectivity index (χ1n) is 5.78. The molecule has 0 aromatic heterocycles. The minimum Gasteiger partial charge on any atom is -0.383 e. The predicted octanol–water partition coefficient (Wildman–Crippen LogP) is 2.42. The van der Waals surface area contributed by atoms with E-state index in [-0.39, 0.29) is 6.04 Å². The second-order valence-corrected chi connectivity index (χ2v) is 5.24. The largest absolute Gasteiger partial charge is 0.383 e. The van der Waals surface area contributed by atoms with Gasteiger partial charge in [0, 0.05) is 31.2 Å². The van der Waals surface area contributed by atoms with Gasteiger partial charge in [-0.05, 0) is 47.0 Å². The first-order chi connectivity index (χ1) is 8.04. The van der Waals surface area contributed by atoms with Gasteiger partial charge in [0.2, 0.25) is 0 Å². The van der Waals surface area contributed by atoms with Crippen molar-refractivity contribution in [2.45, 2.75) is 19.4 Å². The first-order valence-corrected chi connectivity index (χ1v) is 6.58. The number of benzene rings is 1. The van der Waals surface area contributed by atoms with E-state index in [9.17, 15) is 0 Å². The second-order valence-electron chi connectivity index (χ2n) is 4.38. The van der Waals surface area contributed by atoms with Gasteiger partial charge >= 0.3 is 0 Å². The van der Waals surface area contributed by atoms with E-state index in [1.807, 2.05) is 6.92 Å². The summed E-state index contributed by atoms with van der Waals surface area (Å²) >= 11 is 3.61. The molecule has 0 spiro atoms. The highest BCUT2D eigenvalue weighted by Gasteiger charge is 2.07. The van der Waals surface area contributed by atoms with Crippen LogP contribution in [-0.2, 0) is 11.2 Å². The van der Waals surface area contributed by atoms with Crippen molar-refractivity contribution in [1.29, 1.82) is 0 Å². The molecular formula is C13H21BrN2O. The van der Waals surface area contributed by atoms with Crippen molar-refractivity contribution in [3.63, 3.8) is 0 Å². The maximum Gasteiger partial charge on any atom is 0.0637 e. The molecule has 96 valence electrons. The third-order valence-corrected chi connectivity index (χ3v) is 3.25. The van der Waals surface area contributed by atoms with Crippen molar-refractivity contribution in [2.24, 2.45) is 5.73 Å². The Bertz CT molecular complexity index is 355. The van der Waals surface area contributed by atoms with E-state index in [1.165, 1.54) is 11.3 Å². The smallest absolute Gasteiger partial charge is 0.0637 e. The summed E-state index contributed by atoms with van der Waals surface area (Å²) in [5, 5.41) is 0. The fourth-order valence-electron chi connectivity index (χ4n) is 1.71. The lowest BCUT2D eigenvalue weighted by Crippen LogP contribution is -2.22. The molecule has 0 radical (unpaired) electrons. The molecule has 1 atom stereocenters. The number of rotatable bonds is 6. The van der Waals surface area contributed by atoms with Crippen molar-refractivity contribution < 1.29 is 4.74 Å². The summed E-state index contributed by atoms with van der Waals surface area (Å²) in [5.41, 5.74) is 8.23. The Kier molecular flexibility index (Phi) is 5.95. The van der Waals surface area contributed by atoms with Crippen LogP contribution >= 0.6 is 15.9 Å². The summed E-state index contributed by atoms with van der Waals surface area (Å²) in [4.78, 5) is 2.17. The highest BCUT2D eigenvalue weighted by Crippen LogP contribution is 2.26. The summed E-state index contributed by atoms with van der Waals surface area (Å²) in [6.07, 6.45) is 0.903. The molecule has 1 aromatic rings. The van der Waals surface area contributed by atoms with Gasteiger partial charge in [-0.2, -0.15) is 0 Å². The van der Waals surface area contributed by atoms with Gasteiger partial charge in [-0.3, -0.25) is 0 Å². The number of hydrogen-bond acceptors (Lipinski definition) is 3. The molecule has 0 aliphatic carbocycles. The normalized spacial score (nSPS) is 12.5. The molecule has 0 heterocycles. The summed E-state index contributed by atoms with van der Waals surface area (Å²) < 4.78 is 6.18.